The van der Waals surface area contributed by atoms with Gasteiger partial charge in [-0.25, -0.2) is 9.78 Å². The minimum atomic E-state index is -0.873. The highest BCUT2D eigenvalue weighted by atomic mass is 32.1. The maximum absolute atomic E-state index is 14.4. The van der Waals surface area contributed by atoms with Crippen LogP contribution in [0.3, 0.4) is 0 Å². The number of benzene rings is 3. The van der Waals surface area contributed by atoms with E-state index in [-0.39, 0.29) is 77.7 Å². The Kier molecular flexibility index (Phi) is 14.1. The summed E-state index contributed by atoms with van der Waals surface area (Å²) in [7, 11) is 0.777. The Balaban J connectivity index is 0.605. The van der Waals surface area contributed by atoms with Crippen LogP contribution >= 0.6 is 11.3 Å². The molecule has 85 heavy (non-hydrogen) atoms. The Hall–Kier alpha value is -7.24. The van der Waals surface area contributed by atoms with E-state index in [4.69, 9.17) is 33.7 Å². The lowest BCUT2D eigenvalue weighted by molar-refractivity contribution is -0.141. The normalized spacial score (nSPS) is 26.0. The molecule has 4 aromatic heterocycles. The molecule has 6 aliphatic heterocycles. The number of phenolic OH excluding ortho intramolecular Hbond substituents is 1. The van der Waals surface area contributed by atoms with Crippen LogP contribution in [0, 0.1) is 12.8 Å². The topological polar surface area (TPSA) is 234 Å². The Labute approximate surface area is 500 Å². The van der Waals surface area contributed by atoms with E-state index in [1.54, 1.807) is 22.3 Å². The number of fused-ring (bicyclic) bond motifs is 7. The van der Waals surface area contributed by atoms with E-state index >= 15 is 0 Å². The number of pyridine rings is 1. The van der Waals surface area contributed by atoms with Crippen molar-refractivity contribution in [1.82, 2.24) is 50.4 Å². The number of hydrogen-bond donors (Lipinski definition) is 4. The Morgan fingerprint density at radius 2 is 1.76 bits per heavy atom. The van der Waals surface area contributed by atoms with Crippen molar-refractivity contribution in [3.63, 3.8) is 0 Å². The molecule has 22 heteroatoms. The molecule has 3 aromatic carbocycles. The zero-order valence-electron chi connectivity index (χ0n) is 48.9. The number of anilines is 1. The first-order valence-electron chi connectivity index (χ1n) is 30.2. The molecule has 10 heterocycles. The summed E-state index contributed by atoms with van der Waals surface area (Å²) in [6.07, 6.45) is 6.43. The quantitative estimate of drug-likeness (QED) is 0.0763. The number of ether oxygens (including phenoxy) is 3. The van der Waals surface area contributed by atoms with E-state index < -0.39 is 24.2 Å². The zero-order valence-corrected chi connectivity index (χ0v) is 51.7. The predicted octanol–water partition coefficient (Wildman–Crippen LogP) is 6.92. The maximum atomic E-state index is 14.4. The number of carbonyl (C=O) groups is 3. The molecule has 444 valence electrons. The largest absolute Gasteiger partial charge is 0.508 e. The minimum absolute atomic E-state index is 0.0143. The van der Waals surface area contributed by atoms with Gasteiger partial charge in [-0.15, -0.1) is 11.3 Å². The third kappa shape index (κ3) is 9.94. The summed E-state index contributed by atoms with van der Waals surface area (Å²) in [5, 5.41) is 35.5. The zero-order chi connectivity index (χ0) is 58.6. The standard InChI is InChI=1S/C63H73N11O9SSi/c1-33(2)51(59(78)73-27-43(76)22-48(73)58(77)66-35(4)37-10-12-38(13-11-37)56-36(5)65-32-84-56)49-23-50(70-83-49)82-44-28-72(29-44)61(79)81-31-63(85)18-17-62(16-7-19-74(62)63)30-80-60-68-55-47(57(69-60)71-25-40-14-15-41(26-71)67-40)24-64-54-46-21-42(75)20-39-8-6-9-45(53(39)46)34(3)52(54)55/h6,8-13,20-21,23-24,32-35,40-41,43-44,48,51,67,75-76H,7,14-19,22,25-31H2,1-5,85H3,(H,66,77)/t34?,35-,40?,41?,43+,48-,51-,62+,63+/m0/s1. The van der Waals surface area contributed by atoms with Gasteiger partial charge in [0.05, 0.1) is 63.5 Å². The number of rotatable bonds is 15. The highest BCUT2D eigenvalue weighted by Gasteiger charge is 2.56. The number of hydrogen-bond acceptors (Lipinski definition) is 18. The van der Waals surface area contributed by atoms with E-state index in [9.17, 15) is 24.6 Å². The van der Waals surface area contributed by atoms with Crippen molar-refractivity contribution < 1.29 is 43.3 Å². The van der Waals surface area contributed by atoms with Crippen molar-refractivity contribution in [2.45, 2.75) is 138 Å². The smallest absolute Gasteiger partial charge is 0.410 e. The lowest BCUT2D eigenvalue weighted by Crippen LogP contribution is -2.59. The van der Waals surface area contributed by atoms with Crippen LogP contribution in [0.2, 0.25) is 0 Å². The van der Waals surface area contributed by atoms with Crippen molar-refractivity contribution in [2.75, 3.05) is 57.4 Å². The second-order valence-electron chi connectivity index (χ2n) is 25.6. The Bertz CT molecular complexity index is 3750. The second-order valence-corrected chi connectivity index (χ2v) is 28.3. The van der Waals surface area contributed by atoms with Gasteiger partial charge in [0.25, 0.3) is 5.88 Å². The molecule has 0 radical (unpaired) electrons. The summed E-state index contributed by atoms with van der Waals surface area (Å²) < 4.78 is 25.0. The molecule has 1 aliphatic carbocycles. The van der Waals surface area contributed by atoms with Gasteiger partial charge in [-0.3, -0.25) is 19.5 Å². The molecule has 7 aromatic rings. The molecule has 14 rings (SSSR count). The first-order valence-corrected chi connectivity index (χ1v) is 32.1. The van der Waals surface area contributed by atoms with Crippen LogP contribution in [0.15, 0.2) is 76.9 Å². The number of amides is 3. The second kappa shape index (κ2) is 21.6. The molecule has 3 unspecified atom stereocenters. The molecule has 6 saturated heterocycles. The number of piperazine rings is 1. The van der Waals surface area contributed by atoms with Crippen LogP contribution in [-0.2, 0) is 14.3 Å². The molecule has 3 amide bonds. The third-order valence-corrected chi connectivity index (χ3v) is 21.8. The van der Waals surface area contributed by atoms with Crippen molar-refractivity contribution in [3.8, 4) is 39.3 Å². The van der Waals surface area contributed by atoms with E-state index in [0.29, 0.717) is 43.6 Å². The van der Waals surface area contributed by atoms with Crippen LogP contribution in [-0.4, -0.2) is 172 Å². The lowest BCUT2D eigenvalue weighted by Gasteiger charge is -2.42. The van der Waals surface area contributed by atoms with Crippen LogP contribution in [0.4, 0.5) is 10.6 Å². The van der Waals surface area contributed by atoms with Gasteiger partial charge in [0.15, 0.2) is 5.76 Å². The first-order chi connectivity index (χ1) is 41.0. The number of aliphatic hydroxyl groups excluding tert-OH is 1. The number of aryl methyl sites for hydroxylation is 1. The maximum Gasteiger partial charge on any atom is 0.410 e. The molecule has 4 N–H and O–H groups in total. The van der Waals surface area contributed by atoms with Crippen LogP contribution < -0.4 is 25.0 Å². The predicted molar refractivity (Wildman–Crippen MR) is 324 cm³/mol. The molecule has 7 aliphatic rings. The molecular weight excluding hydrogens is 1110 g/mol. The number of carbonyl (C=O) groups excluding carboxylic acids is 3. The van der Waals surface area contributed by atoms with Gasteiger partial charge in [-0.05, 0) is 110 Å². The van der Waals surface area contributed by atoms with Crippen molar-refractivity contribution in [1.29, 1.82) is 0 Å². The van der Waals surface area contributed by atoms with Gasteiger partial charge in [0.2, 0.25) is 11.8 Å². The summed E-state index contributed by atoms with van der Waals surface area (Å²) in [5.41, 5.74) is 9.24. The average Bonchev–Trinajstić information content (AvgIpc) is 1.81. The monoisotopic (exact) mass is 1190 g/mol. The van der Waals surface area contributed by atoms with Crippen LogP contribution in [0.25, 0.3) is 43.4 Å². The summed E-state index contributed by atoms with van der Waals surface area (Å²) in [6.45, 7) is 13.8. The van der Waals surface area contributed by atoms with Crippen LogP contribution in [0.1, 0.15) is 119 Å². The van der Waals surface area contributed by atoms with E-state index in [0.717, 1.165) is 134 Å². The number of aliphatic hydroxyl groups is 1. The molecular formula is C63H73N11O9SSi. The number of likely N-dealkylation sites (tertiary alicyclic amines) is 2. The fraction of sp³-hybridized carbons (Fsp3) is 0.492. The number of aromatic nitrogens is 5. The van der Waals surface area contributed by atoms with Gasteiger partial charge >= 0.3 is 12.1 Å². The molecule has 2 bridgehead atoms. The molecule has 20 nitrogen and oxygen atoms in total. The number of phenols is 1. The Morgan fingerprint density at radius 1 is 0.965 bits per heavy atom. The Morgan fingerprint density at radius 3 is 2.53 bits per heavy atom. The summed E-state index contributed by atoms with van der Waals surface area (Å²) in [5.74, 6) is -0.200. The molecule has 9 atom stereocenters. The van der Waals surface area contributed by atoms with Gasteiger partial charge in [-0.1, -0.05) is 63.2 Å². The van der Waals surface area contributed by atoms with Crippen molar-refractivity contribution >= 4 is 67.0 Å². The third-order valence-electron chi connectivity index (χ3n) is 19.5. The van der Waals surface area contributed by atoms with E-state index in [2.05, 4.69) is 49.6 Å². The number of β-amino-alcohol motifs (C(OH)–C–C–N with tert-alkyl or cyclic N) is 1. The van der Waals surface area contributed by atoms with Gasteiger partial charge < -0.3 is 54.3 Å². The lowest BCUT2D eigenvalue weighted by atomic mass is 9.79. The minimum Gasteiger partial charge on any atom is -0.508 e. The van der Waals surface area contributed by atoms with Crippen LogP contribution in [0.5, 0.6) is 17.6 Å². The summed E-state index contributed by atoms with van der Waals surface area (Å²) in [6, 6.07) is 19.4. The van der Waals surface area contributed by atoms with E-state index in [1.807, 2.05) is 81.9 Å². The molecule has 6 fully saturated rings. The highest BCUT2D eigenvalue weighted by Crippen LogP contribution is 2.50. The fourth-order valence-electron chi connectivity index (χ4n) is 15.1. The fourth-order valence-corrected chi connectivity index (χ4v) is 17.0. The van der Waals surface area contributed by atoms with Gasteiger partial charge in [0.1, 0.15) is 42.8 Å². The molecule has 0 spiro atoms. The first kappa shape index (κ1) is 55.6. The number of aromatic hydroxyl groups is 1. The van der Waals surface area contributed by atoms with E-state index in [1.165, 1.54) is 10.5 Å². The van der Waals surface area contributed by atoms with Crippen molar-refractivity contribution in [2.24, 2.45) is 5.92 Å². The number of nitrogens with one attached hydrogen (secondary N) is 2. The average molecular weight is 1190 g/mol. The number of nitrogens with zero attached hydrogens (tertiary/aromatic N) is 9. The highest BCUT2D eigenvalue weighted by molar-refractivity contribution is 7.13. The molecule has 0 saturated carbocycles. The summed E-state index contributed by atoms with van der Waals surface area (Å²) in [4.78, 5) is 71.1. The van der Waals surface area contributed by atoms with Gasteiger partial charge in [-0.2, -0.15) is 9.97 Å². The SMILES string of the molecule is Cc1ncsc1-c1ccc([C@H](C)NC(=O)[C@@H]2C[C@@H](O)CN2C(=O)[C@H](c2cc(OC3CN(C(=O)OC[C@]4([SiH3])CC[C@@]5(COc6nc(N7CC8CCC(C7)N8)c7cnc8c(c7n6)C(C)c6cccc7cc(O)cc-8c67)CCCN45)C3)no2)C(C)C)cc1. The van der Waals surface area contributed by atoms with Gasteiger partial charge in [0, 0.05) is 82.9 Å². The number of thiazole rings is 1. The van der Waals surface area contributed by atoms with Crippen molar-refractivity contribution in [3.05, 3.63) is 101 Å². The summed E-state index contributed by atoms with van der Waals surface area (Å²) >= 11 is 1.58.